The molecule has 2 aromatic carbocycles. The smallest absolute Gasteiger partial charge is 0.240 e. The number of carbonyl (C=O) groups excluding carboxylic acids is 1. The first kappa shape index (κ1) is 23.9. The lowest BCUT2D eigenvalue weighted by molar-refractivity contribution is -0.119. The van der Waals surface area contributed by atoms with E-state index < -0.39 is 6.04 Å². The van der Waals surface area contributed by atoms with Gasteiger partial charge in [0.25, 0.3) is 0 Å². The van der Waals surface area contributed by atoms with Gasteiger partial charge in [0.1, 0.15) is 17.7 Å². The number of primary amides is 1. The van der Waals surface area contributed by atoms with Gasteiger partial charge in [0.2, 0.25) is 5.91 Å². The molecule has 1 aromatic heterocycles. The number of nitrogens with zero attached hydrogens (tertiary/aromatic N) is 4. The lowest BCUT2D eigenvalue weighted by Crippen LogP contribution is -2.46. The van der Waals surface area contributed by atoms with E-state index in [0.29, 0.717) is 12.4 Å². The quantitative estimate of drug-likeness (QED) is 0.511. The summed E-state index contributed by atoms with van der Waals surface area (Å²) in [5.74, 6) is 1.10. The summed E-state index contributed by atoms with van der Waals surface area (Å²) in [5.41, 5.74) is 7.73. The number of nitrogens with one attached hydrogen (secondary N) is 1. The molecule has 0 saturated carbocycles. The number of hydrogen-bond acceptors (Lipinski definition) is 6. The summed E-state index contributed by atoms with van der Waals surface area (Å²) in [6, 6.07) is 17.8. The summed E-state index contributed by atoms with van der Waals surface area (Å²) in [6.45, 7) is 9.53. The lowest BCUT2D eigenvalue weighted by Gasteiger charge is -2.33. The molecule has 1 amide bonds. The first-order valence-corrected chi connectivity index (χ1v) is 12.0. The summed E-state index contributed by atoms with van der Waals surface area (Å²) in [4.78, 5) is 26.4. The number of amides is 1. The highest BCUT2D eigenvalue weighted by Gasteiger charge is 2.22. The number of aromatic nitrogens is 2. The van der Waals surface area contributed by atoms with E-state index in [4.69, 9.17) is 15.7 Å². The zero-order valence-corrected chi connectivity index (χ0v) is 20.0. The average molecular weight is 459 g/mol. The van der Waals surface area contributed by atoms with Crippen LogP contribution in [0.2, 0.25) is 0 Å². The van der Waals surface area contributed by atoms with E-state index >= 15 is 0 Å². The molecule has 7 heteroatoms. The number of hydrogen-bond donors (Lipinski definition) is 2. The van der Waals surface area contributed by atoms with Gasteiger partial charge in [-0.25, -0.2) is 9.97 Å². The molecule has 1 saturated heterocycles. The Kier molecular flexibility index (Phi) is 7.87. The number of para-hydroxylation sites is 1. The normalized spacial score (nSPS) is 16.3. The van der Waals surface area contributed by atoms with Gasteiger partial charge in [0, 0.05) is 38.1 Å². The SMILES string of the molecule is CC(C)[C@H](Nc1nc(CN2CCN(CC=Cc3ccccc3)CC2)nc2ccccc12)C(N)=O. The Morgan fingerprint density at radius 1 is 1.00 bits per heavy atom. The van der Waals surface area contributed by atoms with E-state index in [2.05, 4.69) is 51.5 Å². The van der Waals surface area contributed by atoms with Gasteiger partial charge in [-0.15, -0.1) is 0 Å². The summed E-state index contributed by atoms with van der Waals surface area (Å²) < 4.78 is 0. The summed E-state index contributed by atoms with van der Waals surface area (Å²) in [7, 11) is 0. The molecular weight excluding hydrogens is 424 g/mol. The Balaban J connectivity index is 1.39. The minimum Gasteiger partial charge on any atom is -0.368 e. The molecule has 1 aliphatic heterocycles. The van der Waals surface area contributed by atoms with Crippen molar-refractivity contribution in [2.75, 3.05) is 38.0 Å². The largest absolute Gasteiger partial charge is 0.368 e. The van der Waals surface area contributed by atoms with Crippen molar-refractivity contribution in [3.63, 3.8) is 0 Å². The third-order valence-electron chi connectivity index (χ3n) is 6.22. The molecule has 0 radical (unpaired) electrons. The number of anilines is 1. The molecule has 1 atom stereocenters. The third kappa shape index (κ3) is 6.18. The Morgan fingerprint density at radius 3 is 2.38 bits per heavy atom. The van der Waals surface area contributed by atoms with Crippen LogP contribution in [0.15, 0.2) is 60.7 Å². The second kappa shape index (κ2) is 11.2. The van der Waals surface area contributed by atoms with Crippen LogP contribution in [0.4, 0.5) is 5.82 Å². The first-order valence-electron chi connectivity index (χ1n) is 12.0. The van der Waals surface area contributed by atoms with Crippen molar-refractivity contribution in [3.05, 3.63) is 72.1 Å². The Morgan fingerprint density at radius 2 is 1.68 bits per heavy atom. The molecule has 0 spiro atoms. The van der Waals surface area contributed by atoms with Crippen LogP contribution in [0.5, 0.6) is 0 Å². The molecule has 0 bridgehead atoms. The number of nitrogens with two attached hydrogens (primary N) is 1. The van der Waals surface area contributed by atoms with Crippen LogP contribution in [0, 0.1) is 5.92 Å². The Labute approximate surface area is 201 Å². The molecule has 1 aliphatic rings. The predicted octanol–water partition coefficient (Wildman–Crippen LogP) is 3.38. The minimum absolute atomic E-state index is 0.0543. The van der Waals surface area contributed by atoms with E-state index in [-0.39, 0.29) is 11.8 Å². The van der Waals surface area contributed by atoms with Crippen molar-refractivity contribution >= 4 is 28.7 Å². The van der Waals surface area contributed by atoms with Crippen molar-refractivity contribution in [2.45, 2.75) is 26.4 Å². The van der Waals surface area contributed by atoms with Crippen molar-refractivity contribution in [1.82, 2.24) is 19.8 Å². The standard InChI is InChI=1S/C27H34N6O/c1-20(2)25(26(28)34)31-27-22-12-6-7-13-23(22)29-24(30-27)19-33-17-15-32(16-18-33)14-8-11-21-9-4-3-5-10-21/h3-13,20,25H,14-19H2,1-2H3,(H2,28,34)(H,29,30,31)/t25-/m0/s1. The van der Waals surface area contributed by atoms with Gasteiger partial charge in [0.15, 0.2) is 0 Å². The van der Waals surface area contributed by atoms with Crippen molar-refractivity contribution in [2.24, 2.45) is 11.7 Å². The summed E-state index contributed by atoms with van der Waals surface area (Å²) in [6.07, 6.45) is 4.42. The maximum absolute atomic E-state index is 12.0. The fourth-order valence-corrected chi connectivity index (χ4v) is 4.25. The molecule has 0 unspecified atom stereocenters. The highest BCUT2D eigenvalue weighted by molar-refractivity contribution is 5.91. The minimum atomic E-state index is -0.487. The van der Waals surface area contributed by atoms with Gasteiger partial charge >= 0.3 is 0 Å². The van der Waals surface area contributed by atoms with Crippen molar-refractivity contribution in [1.29, 1.82) is 0 Å². The van der Waals surface area contributed by atoms with Gasteiger partial charge in [-0.3, -0.25) is 14.6 Å². The number of benzene rings is 2. The molecule has 3 N–H and O–H groups in total. The van der Waals surface area contributed by atoms with E-state index in [1.807, 2.05) is 44.2 Å². The number of fused-ring (bicyclic) bond motifs is 1. The van der Waals surface area contributed by atoms with Gasteiger partial charge in [-0.2, -0.15) is 0 Å². The molecule has 178 valence electrons. The molecular formula is C27H34N6O. The monoisotopic (exact) mass is 458 g/mol. The van der Waals surface area contributed by atoms with Crippen LogP contribution in [-0.2, 0) is 11.3 Å². The second-order valence-electron chi connectivity index (χ2n) is 9.16. The topological polar surface area (TPSA) is 87.4 Å². The highest BCUT2D eigenvalue weighted by Crippen LogP contribution is 2.23. The van der Waals surface area contributed by atoms with Crippen LogP contribution >= 0.6 is 0 Å². The van der Waals surface area contributed by atoms with Crippen LogP contribution in [-0.4, -0.2) is 64.4 Å². The number of piperazine rings is 1. The molecule has 1 fully saturated rings. The molecule has 4 rings (SSSR count). The third-order valence-corrected chi connectivity index (χ3v) is 6.22. The van der Waals surface area contributed by atoms with E-state index in [1.54, 1.807) is 0 Å². The van der Waals surface area contributed by atoms with Gasteiger partial charge < -0.3 is 11.1 Å². The zero-order valence-electron chi connectivity index (χ0n) is 20.0. The highest BCUT2D eigenvalue weighted by atomic mass is 16.1. The molecule has 2 heterocycles. The maximum Gasteiger partial charge on any atom is 0.240 e. The lowest BCUT2D eigenvalue weighted by atomic mass is 10.0. The van der Waals surface area contributed by atoms with E-state index in [0.717, 1.165) is 49.5 Å². The van der Waals surface area contributed by atoms with Crippen LogP contribution in [0.25, 0.3) is 17.0 Å². The van der Waals surface area contributed by atoms with Crippen molar-refractivity contribution in [3.8, 4) is 0 Å². The van der Waals surface area contributed by atoms with Gasteiger partial charge in [-0.05, 0) is 23.6 Å². The van der Waals surface area contributed by atoms with Crippen LogP contribution < -0.4 is 11.1 Å². The van der Waals surface area contributed by atoms with E-state index in [9.17, 15) is 4.79 Å². The second-order valence-corrected chi connectivity index (χ2v) is 9.16. The van der Waals surface area contributed by atoms with E-state index in [1.165, 1.54) is 5.56 Å². The molecule has 7 nitrogen and oxygen atoms in total. The average Bonchev–Trinajstić information content (AvgIpc) is 2.84. The molecule has 34 heavy (non-hydrogen) atoms. The predicted molar refractivity (Wildman–Crippen MR) is 138 cm³/mol. The Bertz CT molecular complexity index is 1120. The van der Waals surface area contributed by atoms with Crippen molar-refractivity contribution < 1.29 is 4.79 Å². The fourth-order valence-electron chi connectivity index (χ4n) is 4.25. The molecule has 0 aliphatic carbocycles. The maximum atomic E-state index is 12.0. The first-order chi connectivity index (χ1) is 16.5. The van der Waals surface area contributed by atoms with Gasteiger partial charge in [-0.1, -0.05) is 68.5 Å². The Hall–Kier alpha value is -3.29. The van der Waals surface area contributed by atoms with Crippen LogP contribution in [0.1, 0.15) is 25.2 Å². The zero-order chi connectivity index (χ0) is 23.9. The van der Waals surface area contributed by atoms with Crippen LogP contribution in [0.3, 0.4) is 0 Å². The summed E-state index contributed by atoms with van der Waals surface area (Å²) in [5, 5.41) is 4.18. The fraction of sp³-hybridized carbons (Fsp3) is 0.370. The van der Waals surface area contributed by atoms with Gasteiger partial charge in [0.05, 0.1) is 12.1 Å². The molecule has 3 aromatic rings. The number of carbonyl (C=O) groups is 1. The number of rotatable bonds is 9. The summed E-state index contributed by atoms with van der Waals surface area (Å²) >= 11 is 0.